The SMILES string of the molecule is O=Cc1cn(-c2ccc(F)cc2)nc1-c1cccc(Cl)c1. The minimum absolute atomic E-state index is 0.323. The van der Waals surface area contributed by atoms with Gasteiger partial charge in [-0.2, -0.15) is 5.10 Å². The second-order valence-electron chi connectivity index (χ2n) is 4.48. The van der Waals surface area contributed by atoms with Gasteiger partial charge in [-0.3, -0.25) is 4.79 Å². The normalized spacial score (nSPS) is 10.6. The van der Waals surface area contributed by atoms with Crippen LogP contribution in [0.4, 0.5) is 4.39 Å². The van der Waals surface area contributed by atoms with E-state index < -0.39 is 0 Å². The lowest BCUT2D eigenvalue weighted by Gasteiger charge is -2.01. The molecule has 0 fully saturated rings. The van der Waals surface area contributed by atoms with E-state index in [0.717, 1.165) is 11.8 Å². The lowest BCUT2D eigenvalue weighted by atomic mass is 10.1. The fourth-order valence-electron chi connectivity index (χ4n) is 2.06. The van der Waals surface area contributed by atoms with Crippen LogP contribution in [0.15, 0.2) is 54.7 Å². The van der Waals surface area contributed by atoms with Gasteiger partial charge in [-0.15, -0.1) is 0 Å². The van der Waals surface area contributed by atoms with Gasteiger partial charge in [-0.25, -0.2) is 9.07 Å². The average Bonchev–Trinajstić information content (AvgIpc) is 2.92. The Hall–Kier alpha value is -2.46. The van der Waals surface area contributed by atoms with Gasteiger partial charge in [0.2, 0.25) is 0 Å². The van der Waals surface area contributed by atoms with E-state index >= 15 is 0 Å². The van der Waals surface area contributed by atoms with Crippen molar-refractivity contribution in [2.75, 3.05) is 0 Å². The summed E-state index contributed by atoms with van der Waals surface area (Å²) in [6.45, 7) is 0. The molecule has 0 spiro atoms. The highest BCUT2D eigenvalue weighted by molar-refractivity contribution is 6.30. The van der Waals surface area contributed by atoms with Gasteiger partial charge >= 0.3 is 0 Å². The fraction of sp³-hybridized carbons (Fsp3) is 0. The van der Waals surface area contributed by atoms with Crippen molar-refractivity contribution in [3.63, 3.8) is 0 Å². The van der Waals surface area contributed by atoms with Crippen molar-refractivity contribution < 1.29 is 9.18 Å². The number of aromatic nitrogens is 2. The summed E-state index contributed by atoms with van der Waals surface area (Å²) >= 11 is 5.97. The Morgan fingerprint density at radius 2 is 1.90 bits per heavy atom. The maximum atomic E-state index is 13.0. The highest BCUT2D eigenvalue weighted by Crippen LogP contribution is 2.25. The van der Waals surface area contributed by atoms with E-state index in [0.29, 0.717) is 22.0 Å². The van der Waals surface area contributed by atoms with Crippen molar-refractivity contribution in [3.05, 3.63) is 71.1 Å². The summed E-state index contributed by atoms with van der Waals surface area (Å²) in [5.41, 5.74) is 2.41. The van der Waals surface area contributed by atoms with Gasteiger partial charge in [0.1, 0.15) is 11.5 Å². The topological polar surface area (TPSA) is 34.9 Å². The molecule has 21 heavy (non-hydrogen) atoms. The van der Waals surface area contributed by atoms with Crippen LogP contribution in [0.1, 0.15) is 10.4 Å². The minimum Gasteiger partial charge on any atom is -0.298 e. The van der Waals surface area contributed by atoms with Crippen molar-refractivity contribution in [1.29, 1.82) is 0 Å². The third-order valence-corrected chi connectivity index (χ3v) is 3.29. The average molecular weight is 301 g/mol. The van der Waals surface area contributed by atoms with Gasteiger partial charge in [0, 0.05) is 16.8 Å². The molecule has 1 aromatic heterocycles. The van der Waals surface area contributed by atoms with E-state index in [4.69, 9.17) is 11.6 Å². The molecule has 0 atom stereocenters. The van der Waals surface area contributed by atoms with Crippen LogP contribution in [-0.2, 0) is 0 Å². The van der Waals surface area contributed by atoms with Crippen molar-refractivity contribution in [2.24, 2.45) is 0 Å². The zero-order valence-electron chi connectivity index (χ0n) is 10.8. The molecule has 3 rings (SSSR count). The molecule has 1 heterocycles. The number of halogens is 2. The maximum Gasteiger partial charge on any atom is 0.153 e. The van der Waals surface area contributed by atoms with E-state index in [9.17, 15) is 9.18 Å². The van der Waals surface area contributed by atoms with E-state index in [2.05, 4.69) is 5.10 Å². The van der Waals surface area contributed by atoms with Crippen molar-refractivity contribution >= 4 is 17.9 Å². The first-order valence-corrected chi connectivity index (χ1v) is 6.62. The van der Waals surface area contributed by atoms with Crippen molar-refractivity contribution in [1.82, 2.24) is 9.78 Å². The number of aldehydes is 1. The molecule has 0 unspecified atom stereocenters. The van der Waals surface area contributed by atoms with Gasteiger partial charge in [0.15, 0.2) is 6.29 Å². The largest absolute Gasteiger partial charge is 0.298 e. The Labute approximate surface area is 125 Å². The first kappa shape index (κ1) is 13.5. The molecule has 0 bridgehead atoms. The minimum atomic E-state index is -0.323. The number of rotatable bonds is 3. The number of benzene rings is 2. The first-order chi connectivity index (χ1) is 10.2. The highest BCUT2D eigenvalue weighted by atomic mass is 35.5. The molecule has 0 amide bonds. The number of carbonyl (C=O) groups is 1. The van der Waals surface area contributed by atoms with Gasteiger partial charge < -0.3 is 0 Å². The van der Waals surface area contributed by atoms with Crippen molar-refractivity contribution in [2.45, 2.75) is 0 Å². The Kier molecular flexibility index (Phi) is 3.54. The van der Waals surface area contributed by atoms with E-state index in [1.54, 1.807) is 41.2 Å². The summed E-state index contributed by atoms with van der Waals surface area (Å²) in [6.07, 6.45) is 2.35. The summed E-state index contributed by atoms with van der Waals surface area (Å²) in [5, 5.41) is 4.97. The smallest absolute Gasteiger partial charge is 0.153 e. The molecule has 0 aliphatic carbocycles. The summed E-state index contributed by atoms with van der Waals surface area (Å²) < 4.78 is 14.5. The van der Waals surface area contributed by atoms with Crippen LogP contribution in [0.25, 0.3) is 16.9 Å². The molecule has 104 valence electrons. The molecule has 0 aliphatic rings. The number of hydrogen-bond donors (Lipinski definition) is 0. The zero-order valence-corrected chi connectivity index (χ0v) is 11.6. The number of carbonyl (C=O) groups excluding carboxylic acids is 1. The van der Waals surface area contributed by atoms with Gasteiger partial charge in [0.05, 0.1) is 11.3 Å². The molecule has 0 aliphatic heterocycles. The second-order valence-corrected chi connectivity index (χ2v) is 4.92. The van der Waals surface area contributed by atoms with Crippen LogP contribution in [0.2, 0.25) is 5.02 Å². The lowest BCUT2D eigenvalue weighted by molar-refractivity contribution is 0.112. The van der Waals surface area contributed by atoms with Gasteiger partial charge in [0.25, 0.3) is 0 Å². The molecule has 0 saturated heterocycles. The predicted molar refractivity (Wildman–Crippen MR) is 79.4 cm³/mol. The molecule has 0 saturated carbocycles. The summed E-state index contributed by atoms with van der Waals surface area (Å²) in [4.78, 5) is 11.2. The summed E-state index contributed by atoms with van der Waals surface area (Å²) in [5.74, 6) is -0.323. The lowest BCUT2D eigenvalue weighted by Crippen LogP contribution is -1.94. The molecule has 0 radical (unpaired) electrons. The van der Waals surface area contributed by atoms with E-state index in [1.807, 2.05) is 6.07 Å². The summed E-state index contributed by atoms with van der Waals surface area (Å²) in [6, 6.07) is 13.0. The van der Waals surface area contributed by atoms with Gasteiger partial charge in [-0.05, 0) is 36.4 Å². The number of hydrogen-bond acceptors (Lipinski definition) is 2. The molecule has 3 aromatic rings. The Morgan fingerprint density at radius 1 is 1.14 bits per heavy atom. The molecule has 3 nitrogen and oxygen atoms in total. The third kappa shape index (κ3) is 2.71. The predicted octanol–water partition coefficient (Wildman–Crippen LogP) is 4.14. The van der Waals surface area contributed by atoms with Crippen LogP contribution in [0, 0.1) is 5.82 Å². The molecular weight excluding hydrogens is 291 g/mol. The van der Waals surface area contributed by atoms with E-state index in [1.165, 1.54) is 12.1 Å². The maximum absolute atomic E-state index is 13.0. The number of nitrogens with zero attached hydrogens (tertiary/aromatic N) is 2. The van der Waals surface area contributed by atoms with Crippen LogP contribution < -0.4 is 0 Å². The van der Waals surface area contributed by atoms with Crippen LogP contribution in [-0.4, -0.2) is 16.1 Å². The van der Waals surface area contributed by atoms with E-state index in [-0.39, 0.29) is 5.82 Å². The Morgan fingerprint density at radius 3 is 2.57 bits per heavy atom. The quantitative estimate of drug-likeness (QED) is 0.681. The molecule has 5 heteroatoms. The molecular formula is C16H10ClFN2O. The first-order valence-electron chi connectivity index (χ1n) is 6.24. The third-order valence-electron chi connectivity index (χ3n) is 3.06. The Bertz CT molecular complexity index is 796. The molecule has 0 N–H and O–H groups in total. The standard InChI is InChI=1S/C16H10ClFN2O/c17-13-3-1-2-11(8-13)16-12(10-21)9-20(19-16)15-6-4-14(18)5-7-15/h1-10H. The summed E-state index contributed by atoms with van der Waals surface area (Å²) in [7, 11) is 0. The second kappa shape index (κ2) is 5.50. The van der Waals surface area contributed by atoms with Crippen LogP contribution in [0.3, 0.4) is 0 Å². The van der Waals surface area contributed by atoms with Gasteiger partial charge in [-0.1, -0.05) is 23.7 Å². The highest BCUT2D eigenvalue weighted by Gasteiger charge is 2.12. The monoisotopic (exact) mass is 300 g/mol. The van der Waals surface area contributed by atoms with Crippen LogP contribution >= 0.6 is 11.6 Å². The van der Waals surface area contributed by atoms with Crippen molar-refractivity contribution in [3.8, 4) is 16.9 Å². The Balaban J connectivity index is 2.10. The fourth-order valence-corrected chi connectivity index (χ4v) is 2.25. The van der Waals surface area contributed by atoms with Crippen LogP contribution in [0.5, 0.6) is 0 Å². The molecule has 2 aromatic carbocycles. The zero-order chi connectivity index (χ0) is 14.8.